The van der Waals surface area contributed by atoms with Crippen LogP contribution in [-0.4, -0.2) is 81.2 Å². The third kappa shape index (κ3) is 9.42. The van der Waals surface area contributed by atoms with Crippen molar-refractivity contribution in [1.82, 2.24) is 19.6 Å². The summed E-state index contributed by atoms with van der Waals surface area (Å²) in [5, 5.41) is 0. The number of rotatable bonds is 10. The Morgan fingerprint density at radius 1 is 0.414 bits per heavy atom. The van der Waals surface area contributed by atoms with Gasteiger partial charge in [0.2, 0.25) is 11.8 Å². The SMILES string of the molecule is O=C(c1ccccc1)N(C(=O)c1ccccc1)C(=O)C1CCCN(Cc2ccc(CN3CCCC(C(=O)N(C(=O)c4ccccc4)C(=O)c4ccccc4)C3)cc2)C1. The quantitative estimate of drug-likeness (QED) is 0.138. The zero-order valence-corrected chi connectivity index (χ0v) is 32.3. The minimum atomic E-state index is -0.629. The average Bonchev–Trinajstić information content (AvgIpc) is 3.28. The zero-order valence-electron chi connectivity index (χ0n) is 32.3. The maximum atomic E-state index is 14.1. The third-order valence-electron chi connectivity index (χ3n) is 10.9. The first kappa shape index (κ1) is 39.9. The molecule has 294 valence electrons. The van der Waals surface area contributed by atoms with Gasteiger partial charge in [0.25, 0.3) is 23.6 Å². The van der Waals surface area contributed by atoms with E-state index in [0.29, 0.717) is 39.0 Å². The van der Waals surface area contributed by atoms with Gasteiger partial charge in [-0.2, -0.15) is 0 Å². The summed E-state index contributed by atoms with van der Waals surface area (Å²) in [6.45, 7) is 3.60. The second kappa shape index (κ2) is 18.7. The van der Waals surface area contributed by atoms with Crippen molar-refractivity contribution < 1.29 is 28.8 Å². The lowest BCUT2D eigenvalue weighted by Gasteiger charge is -2.34. The molecular weight excluding hydrogens is 729 g/mol. The van der Waals surface area contributed by atoms with Crippen LogP contribution >= 0.6 is 0 Å². The van der Waals surface area contributed by atoms with Crippen LogP contribution in [0.3, 0.4) is 0 Å². The highest BCUT2D eigenvalue weighted by Gasteiger charge is 2.38. The van der Waals surface area contributed by atoms with Gasteiger partial charge in [-0.1, -0.05) is 97.1 Å². The van der Waals surface area contributed by atoms with Crippen molar-refractivity contribution in [2.75, 3.05) is 26.2 Å². The number of imide groups is 6. The van der Waals surface area contributed by atoms with Gasteiger partial charge in [0.15, 0.2) is 0 Å². The van der Waals surface area contributed by atoms with Crippen molar-refractivity contribution in [1.29, 1.82) is 0 Å². The molecule has 6 amide bonds. The molecule has 10 heteroatoms. The molecule has 0 aromatic heterocycles. The maximum absolute atomic E-state index is 14.1. The molecule has 2 aliphatic heterocycles. The maximum Gasteiger partial charge on any atom is 0.267 e. The lowest BCUT2D eigenvalue weighted by molar-refractivity contribution is -0.133. The van der Waals surface area contributed by atoms with Crippen LogP contribution in [0.25, 0.3) is 0 Å². The fourth-order valence-electron chi connectivity index (χ4n) is 7.86. The summed E-state index contributed by atoms with van der Waals surface area (Å²) in [6, 6.07) is 41.9. The standard InChI is InChI=1S/C48H46N4O6/c53-43(37-15-5-1-6-16-37)51(44(54)38-17-7-2-8-18-38)47(57)41-23-13-29-49(33-41)31-35-25-27-36(28-26-35)32-50-30-14-24-42(34-50)48(58)52(45(55)39-19-9-3-10-20-39)46(56)40-21-11-4-12-22-40/h1-12,15-22,25-28,41-42H,13-14,23-24,29-34H2. The van der Waals surface area contributed by atoms with Gasteiger partial charge in [-0.25, -0.2) is 9.80 Å². The van der Waals surface area contributed by atoms with Gasteiger partial charge in [0, 0.05) is 48.4 Å². The minimum absolute atomic E-state index is 0.276. The summed E-state index contributed by atoms with van der Waals surface area (Å²) in [5.41, 5.74) is 3.23. The molecule has 0 saturated carbocycles. The summed E-state index contributed by atoms with van der Waals surface area (Å²) in [6.07, 6.45) is 2.66. The fourth-order valence-corrected chi connectivity index (χ4v) is 7.86. The third-order valence-corrected chi connectivity index (χ3v) is 10.9. The molecule has 2 unspecified atom stereocenters. The number of amides is 6. The van der Waals surface area contributed by atoms with Crippen molar-refractivity contribution in [2.45, 2.75) is 38.8 Å². The average molecular weight is 775 g/mol. The number of likely N-dealkylation sites (tertiary alicyclic amines) is 2. The molecule has 2 heterocycles. The van der Waals surface area contributed by atoms with Gasteiger partial charge in [0.1, 0.15) is 0 Å². The van der Waals surface area contributed by atoms with Crippen LogP contribution in [-0.2, 0) is 22.7 Å². The number of carbonyl (C=O) groups excluding carboxylic acids is 6. The Morgan fingerprint density at radius 2 is 0.690 bits per heavy atom. The Bertz CT molecular complexity index is 1970. The summed E-state index contributed by atoms with van der Waals surface area (Å²) in [7, 11) is 0. The van der Waals surface area contributed by atoms with Crippen LogP contribution < -0.4 is 0 Å². The molecule has 2 saturated heterocycles. The van der Waals surface area contributed by atoms with Gasteiger partial charge >= 0.3 is 0 Å². The second-order valence-electron chi connectivity index (χ2n) is 15.0. The van der Waals surface area contributed by atoms with E-state index in [9.17, 15) is 28.8 Å². The highest BCUT2D eigenvalue weighted by atomic mass is 16.2. The van der Waals surface area contributed by atoms with E-state index in [4.69, 9.17) is 0 Å². The van der Waals surface area contributed by atoms with E-state index in [1.54, 1.807) is 121 Å². The normalized spacial score (nSPS) is 17.2. The Balaban J connectivity index is 0.984. The van der Waals surface area contributed by atoms with Crippen LogP contribution in [0, 0.1) is 11.8 Å². The molecule has 2 fully saturated rings. The van der Waals surface area contributed by atoms with E-state index in [0.717, 1.165) is 46.9 Å². The number of piperidine rings is 2. The minimum Gasteiger partial charge on any atom is -0.298 e. The number of hydrogen-bond acceptors (Lipinski definition) is 8. The monoisotopic (exact) mass is 774 g/mol. The van der Waals surface area contributed by atoms with Gasteiger partial charge < -0.3 is 0 Å². The second-order valence-corrected chi connectivity index (χ2v) is 15.0. The first-order valence-corrected chi connectivity index (χ1v) is 19.8. The number of carbonyl (C=O) groups is 6. The highest BCUT2D eigenvalue weighted by molar-refractivity contribution is 6.21. The lowest BCUT2D eigenvalue weighted by Crippen LogP contribution is -2.49. The van der Waals surface area contributed by atoms with Crippen molar-refractivity contribution in [2.24, 2.45) is 11.8 Å². The molecule has 7 rings (SSSR count). The number of nitrogens with zero attached hydrogens (tertiary/aromatic N) is 4. The van der Waals surface area contributed by atoms with Crippen LogP contribution in [0.5, 0.6) is 0 Å². The molecule has 58 heavy (non-hydrogen) atoms. The molecule has 2 aliphatic rings. The van der Waals surface area contributed by atoms with Crippen molar-refractivity contribution in [3.63, 3.8) is 0 Å². The topological polar surface area (TPSA) is 115 Å². The van der Waals surface area contributed by atoms with Gasteiger partial charge in [-0.15, -0.1) is 0 Å². The van der Waals surface area contributed by atoms with E-state index < -0.39 is 47.3 Å². The summed E-state index contributed by atoms with van der Waals surface area (Å²) in [5.74, 6) is -4.54. The first-order valence-electron chi connectivity index (χ1n) is 19.8. The van der Waals surface area contributed by atoms with Crippen LogP contribution in [0.2, 0.25) is 0 Å². The van der Waals surface area contributed by atoms with E-state index in [1.807, 2.05) is 0 Å². The summed E-state index contributed by atoms with van der Waals surface area (Å²) in [4.78, 5) is 88.8. The molecule has 0 bridgehead atoms. The Kier molecular flexibility index (Phi) is 12.9. The number of benzene rings is 5. The van der Waals surface area contributed by atoms with E-state index in [2.05, 4.69) is 34.1 Å². The molecule has 0 spiro atoms. The highest BCUT2D eigenvalue weighted by Crippen LogP contribution is 2.26. The molecule has 0 N–H and O–H groups in total. The Labute approximate surface area is 338 Å². The van der Waals surface area contributed by atoms with Gasteiger partial charge in [-0.3, -0.25) is 38.6 Å². The fraction of sp³-hybridized carbons (Fsp3) is 0.250. The predicted octanol–water partition coefficient (Wildman–Crippen LogP) is 7.13. The smallest absolute Gasteiger partial charge is 0.267 e. The molecule has 0 aliphatic carbocycles. The van der Waals surface area contributed by atoms with E-state index >= 15 is 0 Å². The van der Waals surface area contributed by atoms with Crippen LogP contribution in [0.1, 0.15) is 78.2 Å². The molecular formula is C48H46N4O6. The summed E-state index contributed by atoms with van der Waals surface area (Å²) >= 11 is 0. The summed E-state index contributed by atoms with van der Waals surface area (Å²) < 4.78 is 0. The lowest BCUT2D eigenvalue weighted by atomic mass is 9.94. The van der Waals surface area contributed by atoms with Crippen LogP contribution in [0.4, 0.5) is 0 Å². The Hall–Kier alpha value is -6.36. The molecule has 5 aromatic carbocycles. The van der Waals surface area contributed by atoms with E-state index in [-0.39, 0.29) is 22.3 Å². The van der Waals surface area contributed by atoms with Gasteiger partial charge in [0.05, 0.1) is 11.8 Å². The number of hydrogen-bond donors (Lipinski definition) is 0. The molecule has 10 nitrogen and oxygen atoms in total. The Morgan fingerprint density at radius 3 is 0.966 bits per heavy atom. The largest absolute Gasteiger partial charge is 0.298 e. The molecule has 0 radical (unpaired) electrons. The van der Waals surface area contributed by atoms with Crippen molar-refractivity contribution >= 4 is 35.4 Å². The van der Waals surface area contributed by atoms with Crippen molar-refractivity contribution in [3.8, 4) is 0 Å². The molecule has 5 aromatic rings. The van der Waals surface area contributed by atoms with Crippen LogP contribution in [0.15, 0.2) is 146 Å². The first-order chi connectivity index (χ1) is 28.3. The van der Waals surface area contributed by atoms with E-state index in [1.165, 1.54) is 0 Å². The molecule has 2 atom stereocenters. The predicted molar refractivity (Wildman–Crippen MR) is 219 cm³/mol. The van der Waals surface area contributed by atoms with Gasteiger partial charge in [-0.05, 0) is 98.4 Å². The zero-order chi connectivity index (χ0) is 40.4. The van der Waals surface area contributed by atoms with Crippen molar-refractivity contribution in [3.05, 3.63) is 179 Å².